The topological polar surface area (TPSA) is 48.8 Å². The van der Waals surface area contributed by atoms with E-state index in [1.807, 2.05) is 6.07 Å². The van der Waals surface area contributed by atoms with Gasteiger partial charge in [-0.05, 0) is 76.1 Å². The summed E-state index contributed by atoms with van der Waals surface area (Å²) in [7, 11) is 0. The number of para-hydroxylation sites is 2. The van der Waals surface area contributed by atoms with Crippen molar-refractivity contribution in [2.75, 3.05) is 0 Å². The summed E-state index contributed by atoms with van der Waals surface area (Å²) in [6, 6.07) is 64.7. The Hall–Kier alpha value is -7.76. The normalized spacial score (nSPS) is 12.2. The summed E-state index contributed by atoms with van der Waals surface area (Å²) in [5, 5.41) is 12.5. The Balaban J connectivity index is 1.20. The van der Waals surface area contributed by atoms with Gasteiger partial charge in [0.25, 0.3) is 0 Å². The fraction of sp³-hybridized carbons (Fsp3) is 0. The zero-order valence-electron chi connectivity index (χ0n) is 30.5. The van der Waals surface area contributed by atoms with E-state index in [0.29, 0.717) is 5.95 Å². The van der Waals surface area contributed by atoms with Gasteiger partial charge in [0.2, 0.25) is 5.95 Å². The molecule has 0 unspecified atom stereocenters. The first-order valence-electron chi connectivity index (χ1n) is 19.3. The smallest absolute Gasteiger partial charge is 0.235 e. The van der Waals surface area contributed by atoms with Gasteiger partial charge in [-0.3, -0.25) is 4.57 Å². The first-order chi connectivity index (χ1) is 28.3. The van der Waals surface area contributed by atoms with Gasteiger partial charge in [-0.1, -0.05) is 127 Å². The van der Waals surface area contributed by atoms with E-state index in [1.54, 1.807) is 0 Å². The van der Waals surface area contributed by atoms with Crippen LogP contribution in [0.2, 0.25) is 0 Å². The minimum absolute atomic E-state index is 0.634. The van der Waals surface area contributed by atoms with Crippen molar-refractivity contribution in [1.29, 1.82) is 0 Å². The third kappa shape index (κ3) is 4.23. The molecule has 0 aliphatic heterocycles. The minimum Gasteiger partial charge on any atom is -0.455 e. The van der Waals surface area contributed by atoms with Crippen LogP contribution in [0.3, 0.4) is 0 Å². The summed E-state index contributed by atoms with van der Waals surface area (Å²) in [4.78, 5) is 10.9. The van der Waals surface area contributed by atoms with Gasteiger partial charge < -0.3 is 8.98 Å². The van der Waals surface area contributed by atoms with Crippen molar-refractivity contribution in [1.82, 2.24) is 19.1 Å². The Labute approximate surface area is 325 Å². The molecule has 0 saturated heterocycles. The molecular weight excluding hydrogens is 697 g/mol. The summed E-state index contributed by atoms with van der Waals surface area (Å²) < 4.78 is 11.4. The van der Waals surface area contributed by atoms with Crippen LogP contribution in [0.4, 0.5) is 0 Å². The number of aromatic nitrogens is 4. The maximum Gasteiger partial charge on any atom is 0.235 e. The second kappa shape index (κ2) is 11.4. The van der Waals surface area contributed by atoms with Crippen molar-refractivity contribution in [3.63, 3.8) is 0 Å². The number of fused-ring (bicyclic) bond motifs is 15. The number of nitrogens with zero attached hydrogens (tertiary/aromatic N) is 4. The first kappa shape index (κ1) is 30.6. The Bertz CT molecular complexity index is 3810. The van der Waals surface area contributed by atoms with Gasteiger partial charge in [-0.25, -0.2) is 9.97 Å². The summed E-state index contributed by atoms with van der Waals surface area (Å²) in [6.07, 6.45) is 0. The van der Waals surface area contributed by atoms with Crippen LogP contribution < -0.4 is 0 Å². The van der Waals surface area contributed by atoms with Crippen LogP contribution in [0, 0.1) is 0 Å². The number of hydrogen-bond donors (Lipinski definition) is 0. The summed E-state index contributed by atoms with van der Waals surface area (Å²) in [5.41, 5.74) is 10.0. The third-order valence-corrected chi connectivity index (χ3v) is 11.9. The van der Waals surface area contributed by atoms with E-state index < -0.39 is 0 Å². The Morgan fingerprint density at radius 2 is 1.09 bits per heavy atom. The number of benzene rings is 9. The maximum atomic E-state index is 6.76. The van der Waals surface area contributed by atoms with Crippen molar-refractivity contribution < 1.29 is 4.42 Å². The number of rotatable bonds is 3. The fourth-order valence-electron chi connectivity index (χ4n) is 9.42. The van der Waals surface area contributed by atoms with Gasteiger partial charge in [0, 0.05) is 43.6 Å². The van der Waals surface area contributed by atoms with Crippen LogP contribution >= 0.6 is 0 Å². The summed E-state index contributed by atoms with van der Waals surface area (Å²) in [5.74, 6) is 0.634. The lowest BCUT2D eigenvalue weighted by atomic mass is 10.0. The Morgan fingerprint density at radius 1 is 0.404 bits per heavy atom. The van der Waals surface area contributed by atoms with Crippen molar-refractivity contribution in [2.24, 2.45) is 0 Å². The highest BCUT2D eigenvalue weighted by atomic mass is 16.3. The lowest BCUT2D eigenvalue weighted by molar-refractivity contribution is 0.673. The molecule has 0 aliphatic rings. The molecule has 0 amide bonds. The van der Waals surface area contributed by atoms with Gasteiger partial charge in [0.05, 0.1) is 38.7 Å². The van der Waals surface area contributed by atoms with Crippen LogP contribution in [0.1, 0.15) is 0 Å². The largest absolute Gasteiger partial charge is 0.455 e. The fourth-order valence-corrected chi connectivity index (χ4v) is 9.42. The van der Waals surface area contributed by atoms with Gasteiger partial charge >= 0.3 is 0 Å². The van der Waals surface area contributed by atoms with Gasteiger partial charge in [0.15, 0.2) is 0 Å². The molecule has 13 aromatic rings. The molecule has 0 bridgehead atoms. The van der Waals surface area contributed by atoms with E-state index in [9.17, 15) is 0 Å². The predicted molar refractivity (Wildman–Crippen MR) is 236 cm³/mol. The van der Waals surface area contributed by atoms with Crippen LogP contribution in [0.15, 0.2) is 186 Å². The molecule has 9 aromatic carbocycles. The van der Waals surface area contributed by atoms with Gasteiger partial charge in [0.1, 0.15) is 11.2 Å². The average Bonchev–Trinajstić information content (AvgIpc) is 3.94. The van der Waals surface area contributed by atoms with Crippen LogP contribution in [-0.4, -0.2) is 19.1 Å². The van der Waals surface area contributed by atoms with Crippen molar-refractivity contribution >= 4 is 98.0 Å². The molecule has 4 heterocycles. The second-order valence-corrected chi connectivity index (χ2v) is 14.9. The van der Waals surface area contributed by atoms with E-state index in [1.165, 1.54) is 10.8 Å². The molecule has 0 aliphatic carbocycles. The quantitative estimate of drug-likeness (QED) is 0.170. The molecule has 4 aromatic heterocycles. The summed E-state index contributed by atoms with van der Waals surface area (Å²) >= 11 is 0. The molecule has 57 heavy (non-hydrogen) atoms. The molecule has 0 fully saturated rings. The molecule has 0 spiro atoms. The Kier molecular flexibility index (Phi) is 6.10. The summed E-state index contributed by atoms with van der Waals surface area (Å²) in [6.45, 7) is 0. The minimum atomic E-state index is 0.634. The molecule has 0 atom stereocenters. The number of hydrogen-bond acceptors (Lipinski definition) is 3. The van der Waals surface area contributed by atoms with Crippen molar-refractivity contribution in [2.45, 2.75) is 0 Å². The highest BCUT2D eigenvalue weighted by Gasteiger charge is 2.25. The zero-order chi connectivity index (χ0) is 37.2. The van der Waals surface area contributed by atoms with Gasteiger partial charge in [-0.2, -0.15) is 0 Å². The molecule has 13 rings (SSSR count). The molecule has 264 valence electrons. The SMILES string of the molecule is c1ccc(-c2nc(-n3c4ccccc4c4c3ccc3c5c6oc7ccccc7c6ccc5n(-c5ccc6ccccc6c5)c34)nc3ccc4ccccc4c23)cc1. The first-order valence-corrected chi connectivity index (χ1v) is 19.3. The van der Waals surface area contributed by atoms with Crippen molar-refractivity contribution in [3.05, 3.63) is 182 Å². The second-order valence-electron chi connectivity index (χ2n) is 14.9. The molecule has 0 saturated carbocycles. The van der Waals surface area contributed by atoms with E-state index in [-0.39, 0.29) is 0 Å². The van der Waals surface area contributed by atoms with E-state index >= 15 is 0 Å². The van der Waals surface area contributed by atoms with Gasteiger partial charge in [-0.15, -0.1) is 0 Å². The van der Waals surface area contributed by atoms with E-state index in [2.05, 4.69) is 185 Å². The standard InChI is InChI=1S/C52H30N4O/c1-2-14-33(15-3-1)49-46-36-17-7-6-13-32(36)23-27-41(46)53-52(54-49)56-42-20-10-8-19-39(42)47-43(56)29-26-40-48-44(28-25-38-37-18-9-11-21-45(37)57-51(38)48)55(50(40)47)35-24-22-31-12-4-5-16-34(31)30-35/h1-30H. The van der Waals surface area contributed by atoms with E-state index in [0.717, 1.165) is 104 Å². The van der Waals surface area contributed by atoms with Crippen molar-refractivity contribution in [3.8, 4) is 22.9 Å². The van der Waals surface area contributed by atoms with Crippen LogP contribution in [0.25, 0.3) is 121 Å². The monoisotopic (exact) mass is 726 g/mol. The highest BCUT2D eigenvalue weighted by Crippen LogP contribution is 2.46. The maximum absolute atomic E-state index is 6.76. The van der Waals surface area contributed by atoms with Crippen LogP contribution in [-0.2, 0) is 0 Å². The van der Waals surface area contributed by atoms with E-state index in [4.69, 9.17) is 14.4 Å². The predicted octanol–water partition coefficient (Wildman–Crippen LogP) is 13.7. The number of furan rings is 1. The third-order valence-electron chi connectivity index (χ3n) is 11.9. The molecule has 0 N–H and O–H groups in total. The molecule has 0 radical (unpaired) electrons. The zero-order valence-corrected chi connectivity index (χ0v) is 30.5. The van der Waals surface area contributed by atoms with Crippen LogP contribution in [0.5, 0.6) is 0 Å². The lowest BCUT2D eigenvalue weighted by Gasteiger charge is -2.13. The molecule has 5 heteroatoms. The Morgan fingerprint density at radius 3 is 1.96 bits per heavy atom. The molecular formula is C52H30N4O. The lowest BCUT2D eigenvalue weighted by Crippen LogP contribution is -2.03. The molecule has 5 nitrogen and oxygen atoms in total. The average molecular weight is 727 g/mol. The highest BCUT2D eigenvalue weighted by molar-refractivity contribution is 6.31.